The summed E-state index contributed by atoms with van der Waals surface area (Å²) >= 11 is 0. The van der Waals surface area contributed by atoms with Crippen LogP contribution in [-0.4, -0.2) is 25.7 Å². The second kappa shape index (κ2) is 6.28. The lowest BCUT2D eigenvalue weighted by atomic mass is 10.1. The highest BCUT2D eigenvalue weighted by Crippen LogP contribution is 2.22. The number of nitrogens with zero attached hydrogens (tertiary/aromatic N) is 1. The number of anilines is 1. The molecule has 7 heteroatoms. The molecule has 0 radical (unpaired) electrons. The van der Waals surface area contributed by atoms with Crippen molar-refractivity contribution in [3.8, 4) is 0 Å². The molecular weight excluding hydrogens is 288 g/mol. The van der Waals surface area contributed by atoms with Crippen molar-refractivity contribution in [2.45, 2.75) is 31.7 Å². The van der Waals surface area contributed by atoms with Gasteiger partial charge in [0.1, 0.15) is 4.90 Å². The largest absolute Gasteiger partial charge is 0.314 e. The molecule has 1 heterocycles. The zero-order chi connectivity index (χ0) is 15.5. The Morgan fingerprint density at radius 1 is 1.33 bits per heavy atom. The first-order valence-electron chi connectivity index (χ1n) is 6.78. The van der Waals surface area contributed by atoms with Gasteiger partial charge in [-0.15, -0.1) is 0 Å². The number of aryl methyl sites for hydroxylation is 2. The monoisotopic (exact) mass is 308 g/mol. The maximum absolute atomic E-state index is 12.6. The highest BCUT2D eigenvalue weighted by atomic mass is 32.2. The number of nitrogens with one attached hydrogen (secondary N) is 3. The first-order chi connectivity index (χ1) is 9.97. The Kier molecular flexibility index (Phi) is 4.64. The van der Waals surface area contributed by atoms with Crippen LogP contribution in [0.5, 0.6) is 0 Å². The lowest BCUT2D eigenvalue weighted by Crippen LogP contribution is -2.17. The summed E-state index contributed by atoms with van der Waals surface area (Å²) in [4.78, 5) is 0.207. The Labute approximate surface area is 125 Å². The zero-order valence-electron chi connectivity index (χ0n) is 12.4. The fraction of sp³-hybridized carbons (Fsp3) is 0.357. The van der Waals surface area contributed by atoms with Crippen LogP contribution in [0.3, 0.4) is 0 Å². The van der Waals surface area contributed by atoms with Gasteiger partial charge in [0.2, 0.25) is 0 Å². The van der Waals surface area contributed by atoms with Gasteiger partial charge in [-0.3, -0.25) is 9.82 Å². The van der Waals surface area contributed by atoms with E-state index in [0.29, 0.717) is 23.6 Å². The zero-order valence-corrected chi connectivity index (χ0v) is 13.2. The van der Waals surface area contributed by atoms with Crippen molar-refractivity contribution >= 4 is 15.7 Å². The van der Waals surface area contributed by atoms with Crippen molar-refractivity contribution in [2.75, 3.05) is 11.8 Å². The molecule has 0 fully saturated rings. The van der Waals surface area contributed by atoms with Crippen molar-refractivity contribution in [3.63, 3.8) is 0 Å². The van der Waals surface area contributed by atoms with E-state index in [0.717, 1.165) is 12.0 Å². The van der Waals surface area contributed by atoms with Crippen LogP contribution in [0, 0.1) is 6.92 Å². The Bertz CT molecular complexity index is 722. The highest BCUT2D eigenvalue weighted by molar-refractivity contribution is 7.92. The highest BCUT2D eigenvalue weighted by Gasteiger charge is 2.24. The number of H-pyrrole nitrogens is 1. The molecule has 0 amide bonds. The smallest absolute Gasteiger partial charge is 0.265 e. The normalized spacial score (nSPS) is 11.6. The maximum Gasteiger partial charge on any atom is 0.265 e. The molecule has 0 bridgehead atoms. The summed E-state index contributed by atoms with van der Waals surface area (Å²) in [5, 5.41) is 9.68. The van der Waals surface area contributed by atoms with Crippen molar-refractivity contribution < 1.29 is 8.42 Å². The predicted molar refractivity (Wildman–Crippen MR) is 82.7 cm³/mol. The van der Waals surface area contributed by atoms with Gasteiger partial charge in [-0.05, 0) is 38.1 Å². The van der Waals surface area contributed by atoms with Crippen molar-refractivity contribution in [1.29, 1.82) is 0 Å². The Hall–Kier alpha value is -1.86. The summed E-state index contributed by atoms with van der Waals surface area (Å²) in [5.41, 5.74) is 2.65. The molecule has 3 N–H and O–H groups in total. The SMILES string of the molecule is CCc1cccc(NS(=O)(=O)c2c(CNC)n[nH]c2C)c1. The topological polar surface area (TPSA) is 86.9 Å². The van der Waals surface area contributed by atoms with Gasteiger partial charge in [0.15, 0.2) is 0 Å². The molecule has 0 aliphatic carbocycles. The minimum atomic E-state index is -3.66. The molecule has 0 spiro atoms. The number of rotatable bonds is 6. The van der Waals surface area contributed by atoms with Gasteiger partial charge < -0.3 is 5.32 Å². The number of sulfonamides is 1. The molecule has 6 nitrogen and oxygen atoms in total. The van der Waals surface area contributed by atoms with E-state index >= 15 is 0 Å². The molecule has 21 heavy (non-hydrogen) atoms. The molecule has 114 valence electrons. The van der Waals surface area contributed by atoms with Gasteiger partial charge in [0.25, 0.3) is 10.0 Å². The minimum Gasteiger partial charge on any atom is -0.314 e. The van der Waals surface area contributed by atoms with Crippen LogP contribution in [0.2, 0.25) is 0 Å². The van der Waals surface area contributed by atoms with Crippen molar-refractivity contribution in [1.82, 2.24) is 15.5 Å². The number of hydrogen-bond donors (Lipinski definition) is 3. The van der Waals surface area contributed by atoms with E-state index in [2.05, 4.69) is 20.2 Å². The van der Waals surface area contributed by atoms with Crippen LogP contribution in [0.25, 0.3) is 0 Å². The molecule has 0 aliphatic heterocycles. The lowest BCUT2D eigenvalue weighted by molar-refractivity contribution is 0.598. The summed E-state index contributed by atoms with van der Waals surface area (Å²) in [7, 11) is -1.91. The van der Waals surface area contributed by atoms with Gasteiger partial charge in [-0.2, -0.15) is 5.10 Å². The molecule has 0 saturated heterocycles. The summed E-state index contributed by atoms with van der Waals surface area (Å²) in [6, 6.07) is 7.38. The minimum absolute atomic E-state index is 0.207. The fourth-order valence-corrected chi connectivity index (χ4v) is 3.59. The summed E-state index contributed by atoms with van der Waals surface area (Å²) in [5.74, 6) is 0. The molecule has 1 aromatic heterocycles. The third-order valence-corrected chi connectivity index (χ3v) is 4.75. The third-order valence-electron chi connectivity index (χ3n) is 3.16. The van der Waals surface area contributed by atoms with E-state index in [1.807, 2.05) is 25.1 Å². The van der Waals surface area contributed by atoms with Crippen LogP contribution in [0.4, 0.5) is 5.69 Å². The van der Waals surface area contributed by atoms with Gasteiger partial charge in [0.05, 0.1) is 11.4 Å². The molecule has 0 aliphatic rings. The van der Waals surface area contributed by atoms with E-state index in [9.17, 15) is 8.42 Å². The second-order valence-electron chi connectivity index (χ2n) is 4.81. The van der Waals surface area contributed by atoms with Crippen molar-refractivity contribution in [2.24, 2.45) is 0 Å². The molecule has 0 saturated carbocycles. The lowest BCUT2D eigenvalue weighted by Gasteiger charge is -2.10. The second-order valence-corrected chi connectivity index (χ2v) is 6.43. The first-order valence-corrected chi connectivity index (χ1v) is 8.26. The molecule has 0 atom stereocenters. The van der Waals surface area contributed by atoms with Gasteiger partial charge in [0, 0.05) is 12.2 Å². The Morgan fingerprint density at radius 2 is 2.10 bits per heavy atom. The Morgan fingerprint density at radius 3 is 2.76 bits per heavy atom. The predicted octanol–water partition coefficient (Wildman–Crippen LogP) is 1.80. The van der Waals surface area contributed by atoms with E-state index in [1.165, 1.54) is 0 Å². The first kappa shape index (κ1) is 15.5. The standard InChI is InChI=1S/C14H20N4O2S/c1-4-11-6-5-7-12(8-11)18-21(19,20)14-10(2)16-17-13(14)9-15-3/h5-8,15,18H,4,9H2,1-3H3,(H,16,17). The number of aromatic nitrogens is 2. The van der Waals surface area contributed by atoms with E-state index < -0.39 is 10.0 Å². The van der Waals surface area contributed by atoms with Crippen LogP contribution in [-0.2, 0) is 23.0 Å². The molecule has 2 aromatic rings. The molecule has 0 unspecified atom stereocenters. The average Bonchev–Trinajstić information content (AvgIpc) is 2.81. The van der Waals surface area contributed by atoms with E-state index in [1.54, 1.807) is 20.0 Å². The summed E-state index contributed by atoms with van der Waals surface area (Å²) in [6.45, 7) is 4.11. The summed E-state index contributed by atoms with van der Waals surface area (Å²) < 4.78 is 27.8. The summed E-state index contributed by atoms with van der Waals surface area (Å²) in [6.07, 6.45) is 0.852. The number of benzene rings is 1. The van der Waals surface area contributed by atoms with E-state index in [-0.39, 0.29) is 4.90 Å². The van der Waals surface area contributed by atoms with E-state index in [4.69, 9.17) is 0 Å². The Balaban J connectivity index is 2.36. The van der Waals surface area contributed by atoms with Gasteiger partial charge in [-0.25, -0.2) is 8.42 Å². The quantitative estimate of drug-likeness (QED) is 0.759. The molecule has 2 rings (SSSR count). The molecular formula is C14H20N4O2S. The maximum atomic E-state index is 12.6. The van der Waals surface area contributed by atoms with Gasteiger partial charge >= 0.3 is 0 Å². The van der Waals surface area contributed by atoms with Gasteiger partial charge in [-0.1, -0.05) is 19.1 Å². The van der Waals surface area contributed by atoms with Crippen molar-refractivity contribution in [3.05, 3.63) is 41.2 Å². The number of aromatic amines is 1. The van der Waals surface area contributed by atoms with Crippen LogP contribution in [0.15, 0.2) is 29.2 Å². The van der Waals surface area contributed by atoms with Crippen LogP contribution >= 0.6 is 0 Å². The van der Waals surface area contributed by atoms with Crippen LogP contribution < -0.4 is 10.0 Å². The average molecular weight is 308 g/mol. The number of hydrogen-bond acceptors (Lipinski definition) is 4. The van der Waals surface area contributed by atoms with Crippen LogP contribution in [0.1, 0.15) is 23.9 Å². The third kappa shape index (κ3) is 3.43. The fourth-order valence-electron chi connectivity index (χ4n) is 2.17. The molecule has 1 aromatic carbocycles.